The maximum Gasteiger partial charge on any atom is 0.263 e. The van der Waals surface area contributed by atoms with Gasteiger partial charge in [0.15, 0.2) is 0 Å². The molecule has 2 unspecified atom stereocenters. The van der Waals surface area contributed by atoms with Gasteiger partial charge in [0, 0.05) is 44.2 Å². The van der Waals surface area contributed by atoms with Gasteiger partial charge in [-0.05, 0) is 93.0 Å². The number of rotatable bonds is 8. The van der Waals surface area contributed by atoms with Gasteiger partial charge in [-0.15, -0.1) is 11.3 Å². The van der Waals surface area contributed by atoms with Crippen LogP contribution in [0.2, 0.25) is 10.0 Å². The van der Waals surface area contributed by atoms with Crippen molar-refractivity contribution in [3.05, 3.63) is 72.4 Å². The molecule has 46 heavy (non-hydrogen) atoms. The van der Waals surface area contributed by atoms with Gasteiger partial charge in [-0.25, -0.2) is 9.97 Å². The van der Waals surface area contributed by atoms with E-state index in [9.17, 15) is 9.59 Å². The van der Waals surface area contributed by atoms with E-state index in [1.807, 2.05) is 39.1 Å². The molecular formula is C35H40Cl2N6O2S. The number of piperidine rings is 1. The van der Waals surface area contributed by atoms with Crippen LogP contribution in [0.25, 0.3) is 11.0 Å². The Morgan fingerprint density at radius 3 is 2.46 bits per heavy atom. The van der Waals surface area contributed by atoms with Crippen LogP contribution >= 0.6 is 34.5 Å². The zero-order valence-electron chi connectivity index (χ0n) is 26.8. The van der Waals surface area contributed by atoms with E-state index in [-0.39, 0.29) is 24.4 Å². The Morgan fingerprint density at radius 1 is 1.02 bits per heavy atom. The molecule has 11 heteroatoms. The first-order valence-electron chi connectivity index (χ1n) is 16.3. The largest absolute Gasteiger partial charge is 0.370 e. The van der Waals surface area contributed by atoms with Crippen molar-refractivity contribution >= 4 is 63.1 Å². The SMILES string of the molecule is Cc1nc(C)c(C(=O)NCc2ccc(Cl)c(Cc3nc4cc(C(=O)NC5CCC(C)CC5)c(N5CC6CC6C5)cc4n3C)c2Cl)s1. The number of carbonyl (C=O) groups excluding carboxylic acids is 2. The number of hydrogen-bond donors (Lipinski definition) is 2. The zero-order chi connectivity index (χ0) is 32.3. The lowest BCUT2D eigenvalue weighted by molar-refractivity contribution is 0.0921. The maximum absolute atomic E-state index is 13.8. The number of imidazole rings is 1. The van der Waals surface area contributed by atoms with E-state index in [2.05, 4.69) is 38.1 Å². The Kier molecular flexibility index (Phi) is 8.53. The third-order valence-electron chi connectivity index (χ3n) is 10.2. The number of aromatic nitrogens is 3. The third-order valence-corrected chi connectivity index (χ3v) is 12.1. The van der Waals surface area contributed by atoms with Gasteiger partial charge in [0.1, 0.15) is 10.7 Å². The smallest absolute Gasteiger partial charge is 0.263 e. The monoisotopic (exact) mass is 678 g/mol. The fraction of sp³-hybridized carbons (Fsp3) is 0.486. The van der Waals surface area contributed by atoms with Crippen LogP contribution < -0.4 is 15.5 Å². The van der Waals surface area contributed by atoms with Crippen molar-refractivity contribution in [3.63, 3.8) is 0 Å². The Hall–Kier alpha value is -3.14. The molecule has 2 saturated carbocycles. The van der Waals surface area contributed by atoms with Gasteiger partial charge in [0.05, 0.1) is 38.0 Å². The number of hydrogen-bond acceptors (Lipinski definition) is 6. The average molecular weight is 680 g/mol. The second kappa shape index (κ2) is 12.5. The summed E-state index contributed by atoms with van der Waals surface area (Å²) in [7, 11) is 2.00. The summed E-state index contributed by atoms with van der Waals surface area (Å²) in [5, 5.41) is 8.24. The molecule has 7 rings (SSSR count). The minimum Gasteiger partial charge on any atom is -0.370 e. The quantitative estimate of drug-likeness (QED) is 0.205. The van der Waals surface area contributed by atoms with Gasteiger partial charge in [0.25, 0.3) is 11.8 Å². The molecule has 3 aliphatic rings. The van der Waals surface area contributed by atoms with E-state index in [4.69, 9.17) is 28.2 Å². The molecule has 2 aromatic heterocycles. The average Bonchev–Trinajstić information content (AvgIpc) is 3.31. The summed E-state index contributed by atoms with van der Waals surface area (Å²) in [5.41, 5.74) is 5.70. The fourth-order valence-electron chi connectivity index (χ4n) is 7.24. The van der Waals surface area contributed by atoms with Crippen molar-refractivity contribution in [2.75, 3.05) is 18.0 Å². The van der Waals surface area contributed by atoms with Crippen molar-refractivity contribution in [2.24, 2.45) is 24.8 Å². The fourth-order valence-corrected chi connectivity index (χ4v) is 8.65. The second-order valence-electron chi connectivity index (χ2n) is 13.5. The van der Waals surface area contributed by atoms with Crippen LogP contribution in [0.15, 0.2) is 24.3 Å². The number of aryl methyl sites for hydroxylation is 3. The van der Waals surface area contributed by atoms with Gasteiger partial charge < -0.3 is 20.1 Å². The summed E-state index contributed by atoms with van der Waals surface area (Å²) >= 11 is 15.0. The Balaban J connectivity index is 1.16. The van der Waals surface area contributed by atoms with Crippen LogP contribution in [-0.2, 0) is 20.0 Å². The second-order valence-corrected chi connectivity index (χ2v) is 15.5. The number of anilines is 1. The minimum absolute atomic E-state index is 0.00579. The van der Waals surface area contributed by atoms with Crippen molar-refractivity contribution in [2.45, 2.75) is 71.9 Å². The van der Waals surface area contributed by atoms with E-state index in [0.717, 1.165) is 101 Å². The highest BCUT2D eigenvalue weighted by Gasteiger charge is 2.46. The normalized spacial score (nSPS) is 22.3. The number of amides is 2. The number of benzene rings is 2. The molecule has 0 spiro atoms. The molecular weight excluding hydrogens is 639 g/mol. The third kappa shape index (κ3) is 6.14. The Bertz CT molecular complexity index is 1830. The summed E-state index contributed by atoms with van der Waals surface area (Å²) in [6.07, 6.45) is 6.07. The molecule has 1 aliphatic heterocycles. The predicted octanol–water partition coefficient (Wildman–Crippen LogP) is 7.24. The number of nitrogens with one attached hydrogen (secondary N) is 2. The van der Waals surface area contributed by atoms with E-state index in [1.165, 1.54) is 17.8 Å². The molecule has 242 valence electrons. The molecule has 3 heterocycles. The lowest BCUT2D eigenvalue weighted by atomic mass is 9.87. The Labute approximate surface area is 283 Å². The lowest BCUT2D eigenvalue weighted by Gasteiger charge is -2.28. The van der Waals surface area contributed by atoms with E-state index < -0.39 is 0 Å². The first kappa shape index (κ1) is 31.5. The molecule has 2 aliphatic carbocycles. The summed E-state index contributed by atoms with van der Waals surface area (Å²) < 4.78 is 2.08. The highest BCUT2D eigenvalue weighted by atomic mass is 35.5. The molecule has 2 atom stereocenters. The maximum atomic E-state index is 13.8. The van der Waals surface area contributed by atoms with Crippen LogP contribution in [0.1, 0.15) is 86.7 Å². The molecule has 4 aromatic rings. The molecule has 2 aromatic carbocycles. The van der Waals surface area contributed by atoms with Gasteiger partial charge in [-0.1, -0.05) is 36.2 Å². The molecule has 0 radical (unpaired) electrons. The molecule has 2 amide bonds. The summed E-state index contributed by atoms with van der Waals surface area (Å²) in [6.45, 7) is 8.28. The van der Waals surface area contributed by atoms with Gasteiger partial charge >= 0.3 is 0 Å². The first-order valence-corrected chi connectivity index (χ1v) is 17.9. The molecule has 3 fully saturated rings. The highest BCUT2D eigenvalue weighted by molar-refractivity contribution is 7.13. The summed E-state index contributed by atoms with van der Waals surface area (Å²) in [4.78, 5) is 39.0. The van der Waals surface area contributed by atoms with Gasteiger partial charge in [0.2, 0.25) is 0 Å². The first-order chi connectivity index (χ1) is 22.0. The number of thiazole rings is 1. The van der Waals surface area contributed by atoms with Crippen LogP contribution in [0, 0.1) is 31.6 Å². The van der Waals surface area contributed by atoms with E-state index in [1.54, 1.807) is 0 Å². The van der Waals surface area contributed by atoms with Gasteiger partial charge in [-0.2, -0.15) is 0 Å². The van der Waals surface area contributed by atoms with Crippen molar-refractivity contribution in [3.8, 4) is 0 Å². The molecule has 8 nitrogen and oxygen atoms in total. The molecule has 2 N–H and O–H groups in total. The Morgan fingerprint density at radius 2 is 1.76 bits per heavy atom. The molecule has 1 saturated heterocycles. The lowest BCUT2D eigenvalue weighted by Crippen LogP contribution is -2.38. The van der Waals surface area contributed by atoms with E-state index >= 15 is 0 Å². The summed E-state index contributed by atoms with van der Waals surface area (Å²) in [5.74, 6) is 2.82. The zero-order valence-corrected chi connectivity index (χ0v) is 29.1. The number of nitrogens with zero attached hydrogens (tertiary/aromatic N) is 4. The van der Waals surface area contributed by atoms with E-state index in [0.29, 0.717) is 26.9 Å². The highest BCUT2D eigenvalue weighted by Crippen LogP contribution is 2.47. The summed E-state index contributed by atoms with van der Waals surface area (Å²) in [6, 6.07) is 8.00. The van der Waals surface area contributed by atoms with Crippen LogP contribution in [0.4, 0.5) is 5.69 Å². The minimum atomic E-state index is -0.171. The van der Waals surface area contributed by atoms with Crippen LogP contribution in [-0.4, -0.2) is 45.5 Å². The number of halogens is 2. The standard InChI is InChI=1S/C35H40Cl2N6O2S/c1-18-5-8-24(9-6-18)40-34(44)26-12-28-30(14-29(26)43-16-22-11-23(22)17-43)42(4)31(41-28)13-25-27(36)10-7-21(32(25)37)15-38-35(45)33-19(2)39-20(3)46-33/h7,10,12,14,18,22-24H,5-6,8-9,11,13,15-17H2,1-4H3,(H,38,45)(H,40,44). The van der Waals surface area contributed by atoms with Crippen LogP contribution in [0.3, 0.4) is 0 Å². The molecule has 0 bridgehead atoms. The topological polar surface area (TPSA) is 92.2 Å². The van der Waals surface area contributed by atoms with Crippen LogP contribution in [0.5, 0.6) is 0 Å². The van der Waals surface area contributed by atoms with Crippen molar-refractivity contribution in [1.82, 2.24) is 25.2 Å². The predicted molar refractivity (Wildman–Crippen MR) is 185 cm³/mol. The van der Waals surface area contributed by atoms with Crippen molar-refractivity contribution < 1.29 is 9.59 Å². The number of fused-ring (bicyclic) bond motifs is 2. The van der Waals surface area contributed by atoms with Crippen molar-refractivity contribution in [1.29, 1.82) is 0 Å². The number of carbonyl (C=O) groups is 2. The van der Waals surface area contributed by atoms with Gasteiger partial charge in [-0.3, -0.25) is 9.59 Å².